The molecule has 0 saturated carbocycles. The number of nitrogens with one attached hydrogen (secondary N) is 2. The molecule has 0 radical (unpaired) electrons. The monoisotopic (exact) mass is 273 g/mol. The quantitative estimate of drug-likeness (QED) is 0.877. The van der Waals surface area contributed by atoms with E-state index in [1.165, 1.54) is 0 Å². The van der Waals surface area contributed by atoms with E-state index in [0.717, 1.165) is 22.9 Å². The average molecular weight is 273 g/mol. The maximum atomic E-state index is 11.3. The van der Waals surface area contributed by atoms with Crippen LogP contribution in [0.5, 0.6) is 5.88 Å². The number of benzene rings is 1. The van der Waals surface area contributed by atoms with Crippen LogP contribution in [-0.2, 0) is 6.42 Å². The van der Waals surface area contributed by atoms with Crippen molar-refractivity contribution in [3.05, 3.63) is 35.9 Å². The van der Waals surface area contributed by atoms with Crippen LogP contribution in [0.15, 0.2) is 30.3 Å². The molecule has 0 unspecified atom stereocenters. The van der Waals surface area contributed by atoms with Crippen molar-refractivity contribution in [1.82, 2.24) is 15.6 Å². The highest BCUT2D eigenvalue weighted by molar-refractivity contribution is 5.82. The number of urea groups is 1. The Labute approximate surface area is 118 Å². The molecule has 0 saturated heterocycles. The lowest BCUT2D eigenvalue weighted by Gasteiger charge is -2.09. The number of nitrogens with zero attached hydrogens (tertiary/aromatic N) is 1. The number of hydrogen-bond acceptors (Lipinski definition) is 3. The molecule has 0 aliphatic heterocycles. The largest absolute Gasteiger partial charge is 0.481 e. The van der Waals surface area contributed by atoms with Crippen molar-refractivity contribution in [3.63, 3.8) is 0 Å². The number of carbonyl (C=O) groups excluding carboxylic acids is 1. The van der Waals surface area contributed by atoms with Crippen LogP contribution in [0.3, 0.4) is 0 Å². The maximum Gasteiger partial charge on any atom is 0.314 e. The molecule has 106 valence electrons. The van der Waals surface area contributed by atoms with Gasteiger partial charge in [-0.15, -0.1) is 0 Å². The molecule has 0 spiro atoms. The second-order valence-electron chi connectivity index (χ2n) is 4.38. The Morgan fingerprint density at radius 2 is 2.10 bits per heavy atom. The summed E-state index contributed by atoms with van der Waals surface area (Å²) >= 11 is 0. The summed E-state index contributed by atoms with van der Waals surface area (Å²) in [6.45, 7) is 3.09. The fourth-order valence-electron chi connectivity index (χ4n) is 2.04. The highest BCUT2D eigenvalue weighted by Crippen LogP contribution is 2.20. The SMILES string of the molecule is CCNC(=O)NCCc1cccc2ccc(OC)nc12. The molecule has 2 N–H and O–H groups in total. The predicted molar refractivity (Wildman–Crippen MR) is 79.1 cm³/mol. The normalized spacial score (nSPS) is 10.3. The third-order valence-electron chi connectivity index (χ3n) is 3.00. The number of hydrogen-bond donors (Lipinski definition) is 2. The molecule has 2 rings (SSSR count). The first-order valence-electron chi connectivity index (χ1n) is 6.69. The van der Waals surface area contributed by atoms with Gasteiger partial charge in [-0.05, 0) is 25.0 Å². The van der Waals surface area contributed by atoms with Crippen molar-refractivity contribution in [2.45, 2.75) is 13.3 Å². The summed E-state index contributed by atoms with van der Waals surface area (Å²) in [6.07, 6.45) is 0.731. The lowest BCUT2D eigenvalue weighted by atomic mass is 10.1. The molecule has 5 nitrogen and oxygen atoms in total. The van der Waals surface area contributed by atoms with Gasteiger partial charge in [0.2, 0.25) is 5.88 Å². The Hall–Kier alpha value is -2.30. The standard InChI is InChI=1S/C15H19N3O2/c1-3-16-15(19)17-10-9-12-6-4-5-11-7-8-13(20-2)18-14(11)12/h4-8H,3,9-10H2,1-2H3,(H2,16,17,19). The van der Waals surface area contributed by atoms with E-state index in [4.69, 9.17) is 4.74 Å². The summed E-state index contributed by atoms with van der Waals surface area (Å²) in [5.41, 5.74) is 2.02. The van der Waals surface area contributed by atoms with Crippen LogP contribution in [0.2, 0.25) is 0 Å². The number of amides is 2. The van der Waals surface area contributed by atoms with Crippen LogP contribution in [0.25, 0.3) is 10.9 Å². The first kappa shape index (κ1) is 14.1. The molecule has 1 aromatic heterocycles. The van der Waals surface area contributed by atoms with Crippen molar-refractivity contribution < 1.29 is 9.53 Å². The predicted octanol–water partition coefficient (Wildman–Crippen LogP) is 2.10. The third-order valence-corrected chi connectivity index (χ3v) is 3.00. The van der Waals surface area contributed by atoms with E-state index in [0.29, 0.717) is 19.0 Å². The molecular weight excluding hydrogens is 254 g/mol. The van der Waals surface area contributed by atoms with Gasteiger partial charge in [0.05, 0.1) is 12.6 Å². The Kier molecular flexibility index (Phi) is 4.76. The number of methoxy groups -OCH3 is 1. The number of carbonyl (C=O) groups is 1. The minimum atomic E-state index is -0.140. The fraction of sp³-hybridized carbons (Fsp3) is 0.333. The van der Waals surface area contributed by atoms with Gasteiger partial charge in [0.25, 0.3) is 0 Å². The van der Waals surface area contributed by atoms with Gasteiger partial charge in [-0.3, -0.25) is 0 Å². The minimum absolute atomic E-state index is 0.140. The van der Waals surface area contributed by atoms with E-state index in [2.05, 4.69) is 15.6 Å². The van der Waals surface area contributed by atoms with Crippen molar-refractivity contribution >= 4 is 16.9 Å². The number of aromatic nitrogens is 1. The summed E-state index contributed by atoms with van der Waals surface area (Å²) in [7, 11) is 1.60. The molecule has 2 amide bonds. The van der Waals surface area contributed by atoms with Crippen molar-refractivity contribution in [2.75, 3.05) is 20.2 Å². The highest BCUT2D eigenvalue weighted by atomic mass is 16.5. The lowest BCUT2D eigenvalue weighted by Crippen LogP contribution is -2.36. The molecule has 0 fully saturated rings. The van der Waals surface area contributed by atoms with E-state index >= 15 is 0 Å². The Bertz CT molecular complexity index is 599. The number of pyridine rings is 1. The first-order valence-corrected chi connectivity index (χ1v) is 6.69. The number of rotatable bonds is 5. The zero-order chi connectivity index (χ0) is 14.4. The minimum Gasteiger partial charge on any atom is -0.481 e. The topological polar surface area (TPSA) is 63.2 Å². The maximum absolute atomic E-state index is 11.3. The zero-order valence-corrected chi connectivity index (χ0v) is 11.8. The second-order valence-corrected chi connectivity index (χ2v) is 4.38. The van der Waals surface area contributed by atoms with Gasteiger partial charge in [0.1, 0.15) is 0 Å². The van der Waals surface area contributed by atoms with E-state index in [1.807, 2.05) is 37.3 Å². The van der Waals surface area contributed by atoms with Gasteiger partial charge >= 0.3 is 6.03 Å². The van der Waals surface area contributed by atoms with Crippen molar-refractivity contribution in [3.8, 4) is 5.88 Å². The zero-order valence-electron chi connectivity index (χ0n) is 11.8. The van der Waals surface area contributed by atoms with Gasteiger partial charge in [-0.2, -0.15) is 0 Å². The van der Waals surface area contributed by atoms with Gasteiger partial charge < -0.3 is 15.4 Å². The fourth-order valence-corrected chi connectivity index (χ4v) is 2.04. The van der Waals surface area contributed by atoms with Crippen LogP contribution in [0.4, 0.5) is 4.79 Å². The summed E-state index contributed by atoms with van der Waals surface area (Å²) in [5.74, 6) is 0.599. The van der Waals surface area contributed by atoms with E-state index in [-0.39, 0.29) is 6.03 Å². The average Bonchev–Trinajstić information content (AvgIpc) is 2.47. The van der Waals surface area contributed by atoms with Crippen LogP contribution in [0.1, 0.15) is 12.5 Å². The molecule has 0 aliphatic carbocycles. The van der Waals surface area contributed by atoms with Crippen molar-refractivity contribution in [1.29, 1.82) is 0 Å². The lowest BCUT2D eigenvalue weighted by molar-refractivity contribution is 0.241. The van der Waals surface area contributed by atoms with Crippen LogP contribution >= 0.6 is 0 Å². The molecule has 5 heteroatoms. The number of para-hydroxylation sites is 1. The Balaban J connectivity index is 2.11. The third kappa shape index (κ3) is 3.38. The van der Waals surface area contributed by atoms with Gasteiger partial charge in [0, 0.05) is 24.5 Å². The summed E-state index contributed by atoms with van der Waals surface area (Å²) < 4.78 is 5.16. The van der Waals surface area contributed by atoms with Gasteiger partial charge in [0.15, 0.2) is 0 Å². The van der Waals surface area contributed by atoms with Crippen molar-refractivity contribution in [2.24, 2.45) is 0 Å². The molecule has 0 bridgehead atoms. The van der Waals surface area contributed by atoms with Gasteiger partial charge in [-0.1, -0.05) is 18.2 Å². The molecule has 0 atom stereocenters. The Morgan fingerprint density at radius 3 is 2.85 bits per heavy atom. The molecule has 1 heterocycles. The van der Waals surface area contributed by atoms with E-state index in [9.17, 15) is 4.79 Å². The molecule has 2 aromatic rings. The molecule has 0 aliphatic rings. The van der Waals surface area contributed by atoms with Crippen LogP contribution < -0.4 is 15.4 Å². The van der Waals surface area contributed by atoms with Crippen LogP contribution in [-0.4, -0.2) is 31.2 Å². The molecule has 1 aromatic carbocycles. The Morgan fingerprint density at radius 1 is 1.25 bits per heavy atom. The summed E-state index contributed by atoms with van der Waals surface area (Å²) in [5, 5.41) is 6.59. The first-order chi connectivity index (χ1) is 9.74. The van der Waals surface area contributed by atoms with E-state index in [1.54, 1.807) is 7.11 Å². The number of ether oxygens (including phenoxy) is 1. The number of fused-ring (bicyclic) bond motifs is 1. The van der Waals surface area contributed by atoms with Gasteiger partial charge in [-0.25, -0.2) is 9.78 Å². The smallest absolute Gasteiger partial charge is 0.314 e. The molecule has 20 heavy (non-hydrogen) atoms. The second kappa shape index (κ2) is 6.75. The molecular formula is C15H19N3O2. The highest BCUT2D eigenvalue weighted by Gasteiger charge is 2.05. The summed E-state index contributed by atoms with van der Waals surface area (Å²) in [6, 6.07) is 9.73. The summed E-state index contributed by atoms with van der Waals surface area (Å²) in [4.78, 5) is 15.8. The van der Waals surface area contributed by atoms with E-state index < -0.39 is 0 Å². The van der Waals surface area contributed by atoms with Crippen LogP contribution in [0, 0.1) is 0 Å².